The van der Waals surface area contributed by atoms with E-state index in [9.17, 15) is 4.79 Å². The molecule has 3 aromatic rings. The lowest BCUT2D eigenvalue weighted by Crippen LogP contribution is -2.36. The Balaban J connectivity index is 1.80. The van der Waals surface area contributed by atoms with Gasteiger partial charge in [0.15, 0.2) is 0 Å². The van der Waals surface area contributed by atoms with Crippen LogP contribution in [0.4, 0.5) is 5.95 Å². The van der Waals surface area contributed by atoms with Crippen LogP contribution in [0.2, 0.25) is 0 Å². The highest BCUT2D eigenvalue weighted by molar-refractivity contribution is 5.42. The Hall–Kier alpha value is -2.67. The molecule has 0 bridgehead atoms. The quantitative estimate of drug-likeness (QED) is 0.721. The topological polar surface area (TPSA) is 64.7 Å². The summed E-state index contributed by atoms with van der Waals surface area (Å²) in [4.78, 5) is 19.2. The van der Waals surface area contributed by atoms with Crippen molar-refractivity contribution >= 4 is 11.7 Å². The molecule has 4 rings (SSSR count). The number of hydrogen-bond donors (Lipinski definition) is 0. The molecule has 0 unspecified atom stereocenters. The lowest BCUT2D eigenvalue weighted by Gasteiger charge is -2.25. The Morgan fingerprint density at radius 2 is 1.92 bits per heavy atom. The van der Waals surface area contributed by atoms with E-state index in [2.05, 4.69) is 15.0 Å². The monoisotopic (exact) mass is 325 g/mol. The Labute approximate surface area is 139 Å². The smallest absolute Gasteiger partial charge is 0.255 e. The summed E-state index contributed by atoms with van der Waals surface area (Å²) in [5.74, 6) is 1.22. The predicted octanol–water partition coefficient (Wildman–Crippen LogP) is 1.08. The molecule has 1 fully saturated rings. The van der Waals surface area contributed by atoms with E-state index in [0.717, 1.165) is 24.3 Å². The first-order valence-corrected chi connectivity index (χ1v) is 8.06. The lowest BCUT2D eigenvalue weighted by atomic mass is 10.2. The van der Waals surface area contributed by atoms with Crippen LogP contribution in [0, 0.1) is 6.92 Å². The van der Waals surface area contributed by atoms with Crippen LogP contribution in [-0.4, -0.2) is 45.5 Å². The molecule has 1 aliphatic rings. The average Bonchev–Trinajstić information content (AvgIpc) is 3.06. The number of rotatable bonds is 3. The highest BCUT2D eigenvalue weighted by Crippen LogP contribution is 2.14. The fourth-order valence-electron chi connectivity index (χ4n) is 2.93. The van der Waals surface area contributed by atoms with Crippen LogP contribution in [0.3, 0.4) is 0 Å². The maximum atomic E-state index is 12.5. The van der Waals surface area contributed by atoms with Crippen LogP contribution in [0.1, 0.15) is 11.3 Å². The van der Waals surface area contributed by atoms with Crippen molar-refractivity contribution < 1.29 is 4.74 Å². The van der Waals surface area contributed by atoms with Crippen molar-refractivity contribution in [1.29, 1.82) is 0 Å². The zero-order chi connectivity index (χ0) is 16.5. The highest BCUT2D eigenvalue weighted by Gasteiger charge is 2.18. The van der Waals surface area contributed by atoms with Gasteiger partial charge < -0.3 is 9.64 Å². The number of hydrogen-bond acceptors (Lipinski definition) is 5. The van der Waals surface area contributed by atoms with Gasteiger partial charge in [0.05, 0.1) is 19.8 Å². The Bertz CT molecular complexity index is 910. The normalized spacial score (nSPS) is 15.1. The Morgan fingerprint density at radius 3 is 2.67 bits per heavy atom. The zero-order valence-electron chi connectivity index (χ0n) is 13.6. The first kappa shape index (κ1) is 14.9. The molecule has 0 saturated carbocycles. The molecule has 7 heteroatoms. The Morgan fingerprint density at radius 1 is 1.17 bits per heavy atom. The van der Waals surface area contributed by atoms with E-state index in [1.165, 1.54) is 0 Å². The molecule has 1 aromatic carbocycles. The minimum absolute atomic E-state index is 0.0650. The molecule has 3 heterocycles. The van der Waals surface area contributed by atoms with Crippen molar-refractivity contribution in [3.05, 3.63) is 58.0 Å². The van der Waals surface area contributed by atoms with Crippen LogP contribution < -0.4 is 10.5 Å². The van der Waals surface area contributed by atoms with Crippen molar-refractivity contribution in [2.45, 2.75) is 13.5 Å². The number of fused-ring (bicyclic) bond motifs is 1. The molecule has 0 atom stereocenters. The minimum atomic E-state index is -0.0650. The zero-order valence-corrected chi connectivity index (χ0v) is 13.6. The molecule has 0 N–H and O–H groups in total. The first-order valence-electron chi connectivity index (χ1n) is 8.06. The second-order valence-corrected chi connectivity index (χ2v) is 5.92. The number of anilines is 1. The molecular weight excluding hydrogens is 306 g/mol. The van der Waals surface area contributed by atoms with Gasteiger partial charge in [-0.05, 0) is 12.5 Å². The molecule has 7 nitrogen and oxygen atoms in total. The summed E-state index contributed by atoms with van der Waals surface area (Å²) in [6.45, 7) is 5.22. The number of aryl methyl sites for hydroxylation is 1. The van der Waals surface area contributed by atoms with Gasteiger partial charge in [0, 0.05) is 24.8 Å². The van der Waals surface area contributed by atoms with Crippen LogP contribution in [0.25, 0.3) is 5.78 Å². The molecule has 0 spiro atoms. The molecule has 1 aliphatic heterocycles. The maximum absolute atomic E-state index is 12.5. The molecule has 24 heavy (non-hydrogen) atoms. The fraction of sp³-hybridized carbons (Fsp3) is 0.353. The number of morpholine rings is 1. The molecule has 0 radical (unpaired) electrons. The van der Waals surface area contributed by atoms with E-state index in [-0.39, 0.29) is 5.56 Å². The van der Waals surface area contributed by atoms with E-state index >= 15 is 0 Å². The summed E-state index contributed by atoms with van der Waals surface area (Å²) in [6.07, 6.45) is 0. The largest absolute Gasteiger partial charge is 0.378 e. The van der Waals surface area contributed by atoms with Crippen molar-refractivity contribution in [2.75, 3.05) is 31.2 Å². The van der Waals surface area contributed by atoms with Gasteiger partial charge in [-0.25, -0.2) is 4.52 Å². The summed E-state index contributed by atoms with van der Waals surface area (Å²) >= 11 is 0. The van der Waals surface area contributed by atoms with Crippen LogP contribution in [0.5, 0.6) is 0 Å². The van der Waals surface area contributed by atoms with Gasteiger partial charge in [0.1, 0.15) is 0 Å². The van der Waals surface area contributed by atoms with Crippen LogP contribution >= 0.6 is 0 Å². The fourth-order valence-corrected chi connectivity index (χ4v) is 2.93. The number of nitrogens with zero attached hydrogens (tertiary/aromatic N) is 5. The second kappa shape index (κ2) is 6.09. The third-order valence-electron chi connectivity index (χ3n) is 4.23. The summed E-state index contributed by atoms with van der Waals surface area (Å²) in [5.41, 5.74) is 1.78. The molecule has 124 valence electrons. The summed E-state index contributed by atoms with van der Waals surface area (Å²) < 4.78 is 8.79. The van der Waals surface area contributed by atoms with E-state index in [1.54, 1.807) is 15.1 Å². The summed E-state index contributed by atoms with van der Waals surface area (Å²) in [7, 11) is 0. The molecular formula is C17H19N5O2. The van der Waals surface area contributed by atoms with Crippen molar-refractivity contribution in [3.8, 4) is 0 Å². The molecule has 0 aliphatic carbocycles. The molecule has 1 saturated heterocycles. The first-order chi connectivity index (χ1) is 11.7. The average molecular weight is 325 g/mol. The standard InChI is InChI=1S/C17H19N5O2/c1-13-11-15(23)21(12-14-5-3-2-4-6-14)17-18-16(19-22(13)17)20-7-9-24-10-8-20/h2-6,11H,7-10,12H2,1H3. The number of ether oxygens (including phenoxy) is 1. The van der Waals surface area contributed by atoms with Gasteiger partial charge in [-0.2, -0.15) is 4.98 Å². The van der Waals surface area contributed by atoms with Gasteiger partial charge in [-0.15, -0.1) is 5.10 Å². The van der Waals surface area contributed by atoms with E-state index in [4.69, 9.17) is 4.74 Å². The van der Waals surface area contributed by atoms with Crippen molar-refractivity contribution in [3.63, 3.8) is 0 Å². The second-order valence-electron chi connectivity index (χ2n) is 5.92. The van der Waals surface area contributed by atoms with Crippen LogP contribution in [-0.2, 0) is 11.3 Å². The van der Waals surface area contributed by atoms with Gasteiger partial charge in [0.25, 0.3) is 5.56 Å². The van der Waals surface area contributed by atoms with Crippen molar-refractivity contribution in [1.82, 2.24) is 19.2 Å². The van der Waals surface area contributed by atoms with Crippen molar-refractivity contribution in [2.24, 2.45) is 0 Å². The lowest BCUT2D eigenvalue weighted by molar-refractivity contribution is 0.122. The number of aromatic nitrogens is 4. The maximum Gasteiger partial charge on any atom is 0.255 e. The number of benzene rings is 1. The van der Waals surface area contributed by atoms with E-state index in [1.807, 2.05) is 37.3 Å². The molecule has 2 aromatic heterocycles. The van der Waals surface area contributed by atoms with Gasteiger partial charge >= 0.3 is 0 Å². The van der Waals surface area contributed by atoms with Crippen LogP contribution in [0.15, 0.2) is 41.2 Å². The minimum Gasteiger partial charge on any atom is -0.378 e. The summed E-state index contributed by atoms with van der Waals surface area (Å²) in [6, 6.07) is 11.5. The van der Waals surface area contributed by atoms with Gasteiger partial charge in [0.2, 0.25) is 11.7 Å². The third-order valence-corrected chi connectivity index (χ3v) is 4.23. The Kier molecular flexibility index (Phi) is 3.78. The summed E-state index contributed by atoms with van der Waals surface area (Å²) in [5, 5.41) is 4.60. The molecule has 0 amide bonds. The van der Waals surface area contributed by atoms with Gasteiger partial charge in [-0.3, -0.25) is 9.36 Å². The third kappa shape index (κ3) is 2.67. The van der Waals surface area contributed by atoms with E-state index in [0.29, 0.717) is 31.5 Å². The SMILES string of the molecule is Cc1cc(=O)n(Cc2ccccc2)c2nc(N3CCOCC3)nn12. The highest BCUT2D eigenvalue weighted by atomic mass is 16.5. The van der Waals surface area contributed by atoms with Gasteiger partial charge in [-0.1, -0.05) is 30.3 Å². The van der Waals surface area contributed by atoms with E-state index < -0.39 is 0 Å². The predicted molar refractivity (Wildman–Crippen MR) is 90.6 cm³/mol.